The standard InChI is InChI=1S/C19H17NO2/c1-2-22-16-11-8-14(9-12-16)7-10-15-13-20-18-6-4-3-5-17(18)19(15)21/h3-13H,2H2,1H3,(H,20,21)/b10-7+. The Balaban J connectivity index is 1.89. The number of aromatic nitrogens is 1. The lowest BCUT2D eigenvalue weighted by atomic mass is 10.1. The van der Waals surface area contributed by atoms with Crippen LogP contribution >= 0.6 is 0 Å². The van der Waals surface area contributed by atoms with Crippen LogP contribution in [0, 0.1) is 0 Å². The SMILES string of the molecule is CCOc1ccc(/C=C/c2c[nH]c3ccccc3c2=O)cc1. The first kappa shape index (κ1) is 14.1. The number of rotatable bonds is 4. The molecule has 2 aromatic carbocycles. The van der Waals surface area contributed by atoms with Crippen LogP contribution in [0.5, 0.6) is 5.75 Å². The van der Waals surface area contributed by atoms with Gasteiger partial charge in [-0.05, 0) is 42.8 Å². The smallest absolute Gasteiger partial charge is 0.196 e. The Morgan fingerprint density at radius 3 is 2.59 bits per heavy atom. The third-order valence-electron chi connectivity index (χ3n) is 3.46. The fourth-order valence-electron chi connectivity index (χ4n) is 2.34. The van der Waals surface area contributed by atoms with E-state index in [0.29, 0.717) is 17.6 Å². The Morgan fingerprint density at radius 1 is 1.05 bits per heavy atom. The normalized spacial score (nSPS) is 11.1. The number of fused-ring (bicyclic) bond motifs is 1. The summed E-state index contributed by atoms with van der Waals surface area (Å²) in [4.78, 5) is 15.5. The van der Waals surface area contributed by atoms with Crippen LogP contribution in [-0.4, -0.2) is 11.6 Å². The Kier molecular flexibility index (Phi) is 4.05. The minimum Gasteiger partial charge on any atom is -0.494 e. The van der Waals surface area contributed by atoms with Crippen LogP contribution in [0.15, 0.2) is 59.5 Å². The maximum Gasteiger partial charge on any atom is 0.196 e. The predicted octanol–water partition coefficient (Wildman–Crippen LogP) is 4.10. The number of hydrogen-bond acceptors (Lipinski definition) is 2. The Hall–Kier alpha value is -2.81. The molecule has 0 saturated heterocycles. The second kappa shape index (κ2) is 6.31. The van der Waals surface area contributed by atoms with Crippen molar-refractivity contribution in [3.05, 3.63) is 76.1 Å². The fraction of sp³-hybridized carbons (Fsp3) is 0.105. The zero-order valence-corrected chi connectivity index (χ0v) is 12.4. The molecule has 110 valence electrons. The molecule has 0 aliphatic carbocycles. The minimum absolute atomic E-state index is 0.0385. The van der Waals surface area contributed by atoms with E-state index in [9.17, 15) is 4.79 Å². The number of ether oxygens (including phenoxy) is 1. The zero-order chi connectivity index (χ0) is 15.4. The van der Waals surface area contributed by atoms with Gasteiger partial charge in [0, 0.05) is 22.7 Å². The highest BCUT2D eigenvalue weighted by Gasteiger charge is 2.01. The number of H-pyrrole nitrogens is 1. The second-order valence-corrected chi connectivity index (χ2v) is 4.95. The van der Waals surface area contributed by atoms with Gasteiger partial charge in [0.05, 0.1) is 6.61 Å². The average molecular weight is 291 g/mol. The van der Waals surface area contributed by atoms with E-state index >= 15 is 0 Å². The van der Waals surface area contributed by atoms with Crippen molar-refractivity contribution in [1.29, 1.82) is 0 Å². The summed E-state index contributed by atoms with van der Waals surface area (Å²) in [6, 6.07) is 15.3. The van der Waals surface area contributed by atoms with Crippen molar-refractivity contribution >= 4 is 23.1 Å². The molecule has 3 heteroatoms. The quantitative estimate of drug-likeness (QED) is 0.786. The molecule has 0 fully saturated rings. The number of hydrogen-bond donors (Lipinski definition) is 1. The van der Waals surface area contributed by atoms with Gasteiger partial charge in [-0.1, -0.05) is 30.3 Å². The van der Waals surface area contributed by atoms with Crippen LogP contribution in [0.3, 0.4) is 0 Å². The van der Waals surface area contributed by atoms with Gasteiger partial charge in [0.15, 0.2) is 5.43 Å². The number of benzene rings is 2. The molecule has 1 N–H and O–H groups in total. The summed E-state index contributed by atoms with van der Waals surface area (Å²) in [5, 5.41) is 0.705. The molecule has 0 spiro atoms. The van der Waals surface area contributed by atoms with E-state index in [1.54, 1.807) is 6.20 Å². The van der Waals surface area contributed by atoms with Crippen molar-refractivity contribution in [2.45, 2.75) is 6.92 Å². The topological polar surface area (TPSA) is 42.1 Å². The number of aromatic amines is 1. The highest BCUT2D eigenvalue weighted by molar-refractivity contribution is 5.82. The molecule has 0 bridgehead atoms. The molecular formula is C19H17NO2. The molecule has 0 aliphatic rings. The minimum atomic E-state index is 0.0385. The summed E-state index contributed by atoms with van der Waals surface area (Å²) in [6.45, 7) is 2.61. The molecule has 22 heavy (non-hydrogen) atoms. The van der Waals surface area contributed by atoms with Crippen molar-refractivity contribution in [2.75, 3.05) is 6.61 Å². The zero-order valence-electron chi connectivity index (χ0n) is 12.4. The van der Waals surface area contributed by atoms with E-state index in [0.717, 1.165) is 16.8 Å². The molecule has 0 radical (unpaired) electrons. The largest absolute Gasteiger partial charge is 0.494 e. The van der Waals surface area contributed by atoms with E-state index < -0.39 is 0 Å². The van der Waals surface area contributed by atoms with E-state index in [-0.39, 0.29) is 5.43 Å². The summed E-state index contributed by atoms with van der Waals surface area (Å²) < 4.78 is 5.41. The van der Waals surface area contributed by atoms with Gasteiger partial charge in [0.2, 0.25) is 0 Å². The first-order valence-corrected chi connectivity index (χ1v) is 7.29. The number of para-hydroxylation sites is 1. The summed E-state index contributed by atoms with van der Waals surface area (Å²) in [6.07, 6.45) is 5.51. The van der Waals surface area contributed by atoms with E-state index in [1.807, 2.05) is 67.6 Å². The van der Waals surface area contributed by atoms with Crippen molar-refractivity contribution in [3.8, 4) is 5.75 Å². The molecule has 0 aliphatic heterocycles. The Labute approximate surface area is 128 Å². The highest BCUT2D eigenvalue weighted by atomic mass is 16.5. The van der Waals surface area contributed by atoms with Crippen molar-refractivity contribution < 1.29 is 4.74 Å². The summed E-state index contributed by atoms with van der Waals surface area (Å²) in [7, 11) is 0. The van der Waals surface area contributed by atoms with Gasteiger partial charge in [-0.25, -0.2) is 0 Å². The van der Waals surface area contributed by atoms with Crippen LogP contribution in [0.4, 0.5) is 0 Å². The lowest BCUT2D eigenvalue weighted by molar-refractivity contribution is 0.340. The van der Waals surface area contributed by atoms with Gasteiger partial charge < -0.3 is 9.72 Å². The predicted molar refractivity (Wildman–Crippen MR) is 91.1 cm³/mol. The Morgan fingerprint density at radius 2 is 1.82 bits per heavy atom. The molecule has 0 amide bonds. The molecule has 1 heterocycles. The van der Waals surface area contributed by atoms with Crippen molar-refractivity contribution in [1.82, 2.24) is 4.98 Å². The highest BCUT2D eigenvalue weighted by Crippen LogP contribution is 2.14. The first-order chi connectivity index (χ1) is 10.8. The van der Waals surface area contributed by atoms with Gasteiger partial charge in [-0.15, -0.1) is 0 Å². The van der Waals surface area contributed by atoms with Gasteiger partial charge in [0.1, 0.15) is 5.75 Å². The lowest BCUT2D eigenvalue weighted by Gasteiger charge is -2.02. The summed E-state index contributed by atoms with van der Waals surface area (Å²) >= 11 is 0. The van der Waals surface area contributed by atoms with E-state index in [4.69, 9.17) is 4.74 Å². The van der Waals surface area contributed by atoms with Crippen molar-refractivity contribution in [2.24, 2.45) is 0 Å². The third-order valence-corrected chi connectivity index (χ3v) is 3.46. The molecule has 3 aromatic rings. The molecule has 0 saturated carbocycles. The van der Waals surface area contributed by atoms with E-state index in [2.05, 4.69) is 4.98 Å². The first-order valence-electron chi connectivity index (χ1n) is 7.29. The maximum atomic E-state index is 12.4. The lowest BCUT2D eigenvalue weighted by Crippen LogP contribution is -2.05. The number of pyridine rings is 1. The second-order valence-electron chi connectivity index (χ2n) is 4.95. The molecular weight excluding hydrogens is 274 g/mol. The number of nitrogens with one attached hydrogen (secondary N) is 1. The Bertz CT molecular complexity index is 860. The van der Waals surface area contributed by atoms with Crippen molar-refractivity contribution in [3.63, 3.8) is 0 Å². The average Bonchev–Trinajstić information content (AvgIpc) is 2.56. The van der Waals surface area contributed by atoms with Gasteiger partial charge in [-0.3, -0.25) is 4.79 Å². The van der Waals surface area contributed by atoms with Crippen LogP contribution in [0.1, 0.15) is 18.1 Å². The monoisotopic (exact) mass is 291 g/mol. The molecule has 3 nitrogen and oxygen atoms in total. The van der Waals surface area contributed by atoms with Gasteiger partial charge in [-0.2, -0.15) is 0 Å². The van der Waals surface area contributed by atoms with Gasteiger partial charge in [0.25, 0.3) is 0 Å². The molecule has 3 rings (SSSR count). The maximum absolute atomic E-state index is 12.4. The van der Waals surface area contributed by atoms with Crippen LogP contribution in [-0.2, 0) is 0 Å². The van der Waals surface area contributed by atoms with Crippen LogP contribution in [0.25, 0.3) is 23.1 Å². The molecule has 1 aromatic heterocycles. The summed E-state index contributed by atoms with van der Waals surface area (Å²) in [5.74, 6) is 0.850. The third kappa shape index (κ3) is 2.93. The van der Waals surface area contributed by atoms with E-state index in [1.165, 1.54) is 0 Å². The molecule has 0 unspecified atom stereocenters. The summed E-state index contributed by atoms with van der Waals surface area (Å²) in [5.41, 5.74) is 2.56. The van der Waals surface area contributed by atoms with Gasteiger partial charge >= 0.3 is 0 Å². The fourth-order valence-corrected chi connectivity index (χ4v) is 2.34. The van der Waals surface area contributed by atoms with Crippen LogP contribution < -0.4 is 10.2 Å². The molecule has 0 atom stereocenters. The van der Waals surface area contributed by atoms with Crippen LogP contribution in [0.2, 0.25) is 0 Å².